The molecule has 0 spiro atoms. The van der Waals surface area contributed by atoms with E-state index >= 15 is 0 Å². The molecule has 2 aromatic carbocycles. The third-order valence-corrected chi connectivity index (χ3v) is 3.61. The Morgan fingerprint density at radius 2 is 1.83 bits per heavy atom. The largest absolute Gasteiger partial charge is 0.350 e. The molecule has 1 amide bonds. The van der Waals surface area contributed by atoms with Crippen molar-refractivity contribution in [3.05, 3.63) is 77.1 Å². The standard InChI is InChI=1S/C17H15ClN4O/c18-14-6-8-15(9-7-14)22-12-16(20-21-22)17(23)19-11-10-13-4-2-1-3-5-13/h1-9,12H,10-11H2,(H,19,23). The summed E-state index contributed by atoms with van der Waals surface area (Å²) in [6.45, 7) is 0.552. The van der Waals surface area contributed by atoms with Crippen molar-refractivity contribution in [1.29, 1.82) is 0 Å². The number of benzene rings is 2. The van der Waals surface area contributed by atoms with E-state index in [0.29, 0.717) is 11.6 Å². The van der Waals surface area contributed by atoms with Gasteiger partial charge < -0.3 is 5.32 Å². The molecule has 0 bridgehead atoms. The Bertz CT molecular complexity index is 784. The maximum atomic E-state index is 12.1. The lowest BCUT2D eigenvalue weighted by molar-refractivity contribution is 0.0949. The van der Waals surface area contributed by atoms with Crippen molar-refractivity contribution in [1.82, 2.24) is 20.3 Å². The summed E-state index contributed by atoms with van der Waals surface area (Å²) in [5.41, 5.74) is 2.26. The van der Waals surface area contributed by atoms with E-state index in [1.54, 1.807) is 23.0 Å². The molecule has 23 heavy (non-hydrogen) atoms. The Kier molecular flexibility index (Phi) is 4.68. The van der Waals surface area contributed by atoms with E-state index in [9.17, 15) is 4.79 Å². The highest BCUT2D eigenvalue weighted by Crippen LogP contribution is 2.12. The molecular weight excluding hydrogens is 312 g/mol. The third-order valence-electron chi connectivity index (χ3n) is 3.36. The van der Waals surface area contributed by atoms with Crippen LogP contribution in [-0.4, -0.2) is 27.4 Å². The van der Waals surface area contributed by atoms with Crippen LogP contribution < -0.4 is 5.32 Å². The van der Waals surface area contributed by atoms with Gasteiger partial charge >= 0.3 is 0 Å². The second-order valence-corrected chi connectivity index (χ2v) is 5.45. The molecule has 0 saturated carbocycles. The number of rotatable bonds is 5. The van der Waals surface area contributed by atoms with Crippen molar-refractivity contribution in [3.8, 4) is 5.69 Å². The van der Waals surface area contributed by atoms with Gasteiger partial charge in [0, 0.05) is 11.6 Å². The van der Waals surface area contributed by atoms with Crippen molar-refractivity contribution in [2.24, 2.45) is 0 Å². The fourth-order valence-corrected chi connectivity index (χ4v) is 2.27. The lowest BCUT2D eigenvalue weighted by atomic mass is 10.1. The van der Waals surface area contributed by atoms with Gasteiger partial charge in [0.25, 0.3) is 5.91 Å². The van der Waals surface area contributed by atoms with Gasteiger partial charge in [-0.1, -0.05) is 47.1 Å². The van der Waals surface area contributed by atoms with Crippen LogP contribution in [0.1, 0.15) is 16.1 Å². The zero-order chi connectivity index (χ0) is 16.1. The van der Waals surface area contributed by atoms with Gasteiger partial charge in [-0.2, -0.15) is 0 Å². The van der Waals surface area contributed by atoms with Crippen molar-refractivity contribution in [2.45, 2.75) is 6.42 Å². The fourth-order valence-electron chi connectivity index (χ4n) is 2.14. The van der Waals surface area contributed by atoms with Gasteiger partial charge in [0.2, 0.25) is 0 Å². The van der Waals surface area contributed by atoms with Gasteiger partial charge in [-0.15, -0.1) is 5.10 Å². The van der Waals surface area contributed by atoms with Gasteiger partial charge in [-0.05, 0) is 36.2 Å². The molecule has 1 N–H and O–H groups in total. The maximum absolute atomic E-state index is 12.1. The lowest BCUT2D eigenvalue weighted by Crippen LogP contribution is -2.26. The second-order valence-electron chi connectivity index (χ2n) is 5.02. The lowest BCUT2D eigenvalue weighted by Gasteiger charge is -2.03. The number of nitrogens with zero attached hydrogens (tertiary/aromatic N) is 3. The van der Waals surface area contributed by atoms with Crippen LogP contribution in [0.4, 0.5) is 0 Å². The SMILES string of the molecule is O=C(NCCc1ccccc1)c1cn(-c2ccc(Cl)cc2)nn1. The number of carbonyl (C=O) groups is 1. The number of aromatic nitrogens is 3. The molecule has 1 heterocycles. The maximum Gasteiger partial charge on any atom is 0.273 e. The molecule has 3 aromatic rings. The number of hydrogen-bond acceptors (Lipinski definition) is 3. The van der Waals surface area contributed by atoms with Crippen molar-refractivity contribution in [3.63, 3.8) is 0 Å². The van der Waals surface area contributed by atoms with Crippen molar-refractivity contribution >= 4 is 17.5 Å². The number of amides is 1. The summed E-state index contributed by atoms with van der Waals surface area (Å²) < 4.78 is 1.54. The van der Waals surface area contributed by atoms with Crippen LogP contribution in [0.3, 0.4) is 0 Å². The highest BCUT2D eigenvalue weighted by atomic mass is 35.5. The van der Waals surface area contributed by atoms with Crippen LogP contribution in [-0.2, 0) is 6.42 Å². The van der Waals surface area contributed by atoms with Crippen LogP contribution >= 0.6 is 11.6 Å². The van der Waals surface area contributed by atoms with Gasteiger partial charge in [-0.25, -0.2) is 4.68 Å². The van der Waals surface area contributed by atoms with E-state index in [0.717, 1.165) is 12.1 Å². The summed E-state index contributed by atoms with van der Waals surface area (Å²) >= 11 is 5.85. The minimum Gasteiger partial charge on any atom is -0.350 e. The fraction of sp³-hybridized carbons (Fsp3) is 0.118. The van der Waals surface area contributed by atoms with E-state index in [4.69, 9.17) is 11.6 Å². The highest BCUT2D eigenvalue weighted by molar-refractivity contribution is 6.30. The van der Waals surface area contributed by atoms with Gasteiger partial charge in [0.1, 0.15) is 0 Å². The summed E-state index contributed by atoms with van der Waals surface area (Å²) in [5.74, 6) is -0.235. The summed E-state index contributed by atoms with van der Waals surface area (Å²) in [6, 6.07) is 17.1. The topological polar surface area (TPSA) is 59.8 Å². The average Bonchev–Trinajstić information content (AvgIpc) is 3.06. The minimum absolute atomic E-state index is 0.235. The molecule has 116 valence electrons. The Labute approximate surface area is 138 Å². The Hall–Kier alpha value is -2.66. The number of nitrogens with one attached hydrogen (secondary N) is 1. The van der Waals surface area contributed by atoms with E-state index in [1.807, 2.05) is 42.5 Å². The molecular formula is C17H15ClN4O. The first-order valence-corrected chi connectivity index (χ1v) is 7.60. The van der Waals surface area contributed by atoms with Crippen molar-refractivity contribution < 1.29 is 4.79 Å². The molecule has 0 aliphatic rings. The average molecular weight is 327 g/mol. The molecule has 0 aliphatic heterocycles. The second kappa shape index (κ2) is 7.07. The molecule has 3 rings (SSSR count). The molecule has 0 saturated heterocycles. The highest BCUT2D eigenvalue weighted by Gasteiger charge is 2.11. The van der Waals surface area contributed by atoms with Crippen molar-refractivity contribution in [2.75, 3.05) is 6.54 Å². The molecule has 0 fully saturated rings. The third kappa shape index (κ3) is 3.96. The van der Waals surface area contributed by atoms with Crippen LogP contribution in [0.25, 0.3) is 5.69 Å². The predicted molar refractivity (Wildman–Crippen MR) is 88.8 cm³/mol. The first-order valence-electron chi connectivity index (χ1n) is 7.23. The van der Waals surface area contributed by atoms with Gasteiger partial charge in [0.15, 0.2) is 5.69 Å². The van der Waals surface area contributed by atoms with E-state index < -0.39 is 0 Å². The zero-order valence-electron chi connectivity index (χ0n) is 12.3. The Balaban J connectivity index is 1.59. The zero-order valence-corrected chi connectivity index (χ0v) is 13.1. The van der Waals surface area contributed by atoms with Gasteiger partial charge in [0.05, 0.1) is 11.9 Å². The molecule has 5 nitrogen and oxygen atoms in total. The summed E-state index contributed by atoms with van der Waals surface area (Å²) in [6.07, 6.45) is 2.37. The molecule has 0 aliphatic carbocycles. The molecule has 0 atom stereocenters. The summed E-state index contributed by atoms with van der Waals surface area (Å²) in [4.78, 5) is 12.1. The molecule has 0 radical (unpaired) electrons. The van der Waals surface area contributed by atoms with E-state index in [2.05, 4.69) is 15.6 Å². The van der Waals surface area contributed by atoms with Crippen LogP contribution in [0.15, 0.2) is 60.8 Å². The summed E-state index contributed by atoms with van der Waals surface area (Å²) in [7, 11) is 0. The van der Waals surface area contributed by atoms with Crippen LogP contribution in [0.2, 0.25) is 5.02 Å². The Morgan fingerprint density at radius 3 is 2.57 bits per heavy atom. The number of hydrogen-bond donors (Lipinski definition) is 1. The first-order chi connectivity index (χ1) is 11.2. The minimum atomic E-state index is -0.235. The monoisotopic (exact) mass is 326 g/mol. The smallest absolute Gasteiger partial charge is 0.273 e. The number of halogens is 1. The normalized spacial score (nSPS) is 10.5. The van der Waals surface area contributed by atoms with Crippen LogP contribution in [0, 0.1) is 0 Å². The molecule has 6 heteroatoms. The Morgan fingerprint density at radius 1 is 1.09 bits per heavy atom. The quantitative estimate of drug-likeness (QED) is 0.784. The van der Waals surface area contributed by atoms with E-state index in [1.165, 1.54) is 5.56 Å². The predicted octanol–water partition coefficient (Wildman–Crippen LogP) is 2.89. The van der Waals surface area contributed by atoms with Gasteiger partial charge in [-0.3, -0.25) is 4.79 Å². The molecule has 0 unspecified atom stereocenters. The summed E-state index contributed by atoms with van der Waals surface area (Å²) in [5, 5.41) is 11.4. The molecule has 1 aromatic heterocycles. The van der Waals surface area contributed by atoms with E-state index in [-0.39, 0.29) is 11.6 Å². The van der Waals surface area contributed by atoms with Crippen LogP contribution in [0.5, 0.6) is 0 Å². The first kappa shape index (κ1) is 15.2. The number of carbonyl (C=O) groups excluding carboxylic acids is 1.